The molecule has 0 amide bonds. The molecule has 1 fully saturated rings. The molecule has 1 saturated carbocycles. The normalized spacial score (nSPS) is 24.0. The van der Waals surface area contributed by atoms with Crippen molar-refractivity contribution in [2.75, 3.05) is 11.6 Å². The summed E-state index contributed by atoms with van der Waals surface area (Å²) in [6.07, 6.45) is 5.84. The number of nitriles is 1. The van der Waals surface area contributed by atoms with E-state index in [4.69, 9.17) is 5.26 Å². The van der Waals surface area contributed by atoms with Crippen LogP contribution in [0, 0.1) is 11.3 Å². The third kappa shape index (κ3) is 2.67. The van der Waals surface area contributed by atoms with Gasteiger partial charge in [-0.15, -0.1) is 0 Å². The maximum Gasteiger partial charge on any atom is 0.142 e. The Bertz CT molecular complexity index is 399. The van der Waals surface area contributed by atoms with Crippen molar-refractivity contribution >= 4 is 17.6 Å². The van der Waals surface area contributed by atoms with Crippen LogP contribution < -0.4 is 5.32 Å². The van der Waals surface area contributed by atoms with Crippen LogP contribution in [0.1, 0.15) is 25.0 Å². The van der Waals surface area contributed by atoms with E-state index < -0.39 is 0 Å². The Morgan fingerprint density at radius 2 is 2.38 bits per heavy atom. The number of rotatable bonds is 3. The predicted molar refractivity (Wildman–Crippen MR) is 67.5 cm³/mol. The molecule has 1 aliphatic carbocycles. The molecular formula is C12H15N3S. The molecule has 2 atom stereocenters. The van der Waals surface area contributed by atoms with E-state index in [2.05, 4.69) is 22.6 Å². The summed E-state index contributed by atoms with van der Waals surface area (Å²) in [5.41, 5.74) is 0.476. The number of hydrogen-bond donors (Lipinski definition) is 1. The van der Waals surface area contributed by atoms with Gasteiger partial charge in [-0.05, 0) is 37.7 Å². The van der Waals surface area contributed by atoms with Gasteiger partial charge in [-0.3, -0.25) is 0 Å². The van der Waals surface area contributed by atoms with E-state index in [1.807, 2.05) is 23.9 Å². The molecule has 2 unspecified atom stereocenters. The smallest absolute Gasteiger partial charge is 0.142 e. The zero-order valence-corrected chi connectivity index (χ0v) is 10.1. The van der Waals surface area contributed by atoms with Crippen LogP contribution in [0.15, 0.2) is 18.2 Å². The molecule has 0 saturated heterocycles. The van der Waals surface area contributed by atoms with Gasteiger partial charge in [0.05, 0.1) is 0 Å². The zero-order chi connectivity index (χ0) is 11.4. The molecule has 84 valence electrons. The van der Waals surface area contributed by atoms with Crippen LogP contribution >= 0.6 is 11.8 Å². The van der Waals surface area contributed by atoms with Crippen molar-refractivity contribution in [3.8, 4) is 6.07 Å². The Hall–Kier alpha value is -1.21. The molecule has 1 N–H and O–H groups in total. The maximum absolute atomic E-state index is 8.76. The first-order valence-corrected chi connectivity index (χ1v) is 6.77. The van der Waals surface area contributed by atoms with Gasteiger partial charge in [0.2, 0.25) is 0 Å². The molecule has 4 heteroatoms. The van der Waals surface area contributed by atoms with E-state index in [0.29, 0.717) is 11.7 Å². The van der Waals surface area contributed by atoms with Gasteiger partial charge in [-0.2, -0.15) is 17.0 Å². The van der Waals surface area contributed by atoms with Gasteiger partial charge in [0.25, 0.3) is 0 Å². The van der Waals surface area contributed by atoms with Crippen molar-refractivity contribution in [2.45, 2.75) is 30.6 Å². The van der Waals surface area contributed by atoms with Crippen LogP contribution in [0.4, 0.5) is 5.82 Å². The number of hydrogen-bond acceptors (Lipinski definition) is 4. The Kier molecular flexibility index (Phi) is 3.68. The summed E-state index contributed by atoms with van der Waals surface area (Å²) < 4.78 is 0. The molecule has 0 bridgehead atoms. The molecule has 1 heterocycles. The first-order chi connectivity index (χ1) is 7.81. The summed E-state index contributed by atoms with van der Waals surface area (Å²) in [5, 5.41) is 12.9. The lowest BCUT2D eigenvalue weighted by Crippen LogP contribution is -2.16. The van der Waals surface area contributed by atoms with Crippen molar-refractivity contribution in [2.24, 2.45) is 0 Å². The second-order valence-corrected chi connectivity index (χ2v) is 5.17. The predicted octanol–water partition coefficient (Wildman–Crippen LogP) is 2.65. The number of nitrogens with zero attached hydrogens (tertiary/aromatic N) is 2. The topological polar surface area (TPSA) is 48.7 Å². The minimum Gasteiger partial charge on any atom is -0.367 e. The van der Waals surface area contributed by atoms with Gasteiger partial charge in [0, 0.05) is 11.3 Å². The largest absolute Gasteiger partial charge is 0.367 e. The SMILES string of the molecule is CSC1CCC(Nc2cccc(C#N)n2)C1. The lowest BCUT2D eigenvalue weighted by Gasteiger charge is -2.13. The van der Waals surface area contributed by atoms with Gasteiger partial charge in [0.15, 0.2) is 0 Å². The molecule has 1 aromatic heterocycles. The third-order valence-corrected chi connectivity index (χ3v) is 4.03. The summed E-state index contributed by atoms with van der Waals surface area (Å²) in [7, 11) is 0. The molecular weight excluding hydrogens is 218 g/mol. The van der Waals surface area contributed by atoms with Gasteiger partial charge in [0.1, 0.15) is 17.6 Å². The number of anilines is 1. The van der Waals surface area contributed by atoms with E-state index >= 15 is 0 Å². The fourth-order valence-electron chi connectivity index (χ4n) is 2.07. The van der Waals surface area contributed by atoms with Crippen LogP contribution in [0.5, 0.6) is 0 Å². The van der Waals surface area contributed by atoms with E-state index in [9.17, 15) is 0 Å². The van der Waals surface area contributed by atoms with Gasteiger partial charge in [-0.1, -0.05) is 6.07 Å². The Balaban J connectivity index is 1.97. The quantitative estimate of drug-likeness (QED) is 0.872. The van der Waals surface area contributed by atoms with Crippen molar-refractivity contribution in [1.82, 2.24) is 4.98 Å². The third-order valence-electron chi connectivity index (χ3n) is 2.93. The van der Waals surface area contributed by atoms with Gasteiger partial charge >= 0.3 is 0 Å². The van der Waals surface area contributed by atoms with Crippen LogP contribution in [0.3, 0.4) is 0 Å². The fourth-order valence-corrected chi connectivity index (χ4v) is 2.87. The molecule has 0 aliphatic heterocycles. The van der Waals surface area contributed by atoms with Crippen molar-refractivity contribution in [3.05, 3.63) is 23.9 Å². The Labute approximate surface area is 100 Å². The standard InChI is InChI=1S/C12H15N3S/c1-16-11-6-5-9(7-11)14-12-4-2-3-10(8-13)15-12/h2-4,9,11H,5-7H2,1H3,(H,14,15). The summed E-state index contributed by atoms with van der Waals surface area (Å²) in [6.45, 7) is 0. The molecule has 1 aliphatic rings. The summed E-state index contributed by atoms with van der Waals surface area (Å²) in [6, 6.07) is 8.09. The highest BCUT2D eigenvalue weighted by atomic mass is 32.2. The van der Waals surface area contributed by atoms with Crippen LogP contribution in [0.25, 0.3) is 0 Å². The summed E-state index contributed by atoms with van der Waals surface area (Å²) in [4.78, 5) is 4.23. The minimum absolute atomic E-state index is 0.476. The fraction of sp³-hybridized carbons (Fsp3) is 0.500. The summed E-state index contributed by atoms with van der Waals surface area (Å²) in [5.74, 6) is 0.825. The summed E-state index contributed by atoms with van der Waals surface area (Å²) >= 11 is 1.94. The number of thioether (sulfide) groups is 1. The molecule has 0 spiro atoms. The molecule has 1 aromatic rings. The van der Waals surface area contributed by atoms with Crippen molar-refractivity contribution in [3.63, 3.8) is 0 Å². The highest BCUT2D eigenvalue weighted by Gasteiger charge is 2.23. The van der Waals surface area contributed by atoms with Crippen LogP contribution in [-0.4, -0.2) is 22.5 Å². The second kappa shape index (κ2) is 5.22. The van der Waals surface area contributed by atoms with Crippen molar-refractivity contribution < 1.29 is 0 Å². The highest BCUT2D eigenvalue weighted by molar-refractivity contribution is 7.99. The first kappa shape index (κ1) is 11.3. The molecule has 3 nitrogen and oxygen atoms in total. The highest BCUT2D eigenvalue weighted by Crippen LogP contribution is 2.29. The maximum atomic E-state index is 8.76. The second-order valence-electron chi connectivity index (χ2n) is 4.03. The molecule has 2 rings (SSSR count). The number of nitrogens with one attached hydrogen (secondary N) is 1. The van der Waals surface area contributed by atoms with Gasteiger partial charge in [-0.25, -0.2) is 4.98 Å². The molecule has 16 heavy (non-hydrogen) atoms. The van der Waals surface area contributed by atoms with E-state index in [0.717, 1.165) is 11.1 Å². The van der Waals surface area contributed by atoms with Crippen LogP contribution in [0.2, 0.25) is 0 Å². The lowest BCUT2D eigenvalue weighted by molar-refractivity contribution is 0.752. The monoisotopic (exact) mass is 233 g/mol. The number of aromatic nitrogens is 1. The average molecular weight is 233 g/mol. The zero-order valence-electron chi connectivity index (χ0n) is 9.31. The molecule has 0 aromatic carbocycles. The van der Waals surface area contributed by atoms with E-state index in [1.54, 1.807) is 6.07 Å². The number of pyridine rings is 1. The Morgan fingerprint density at radius 1 is 1.50 bits per heavy atom. The van der Waals surface area contributed by atoms with E-state index in [-0.39, 0.29) is 0 Å². The average Bonchev–Trinajstić information content (AvgIpc) is 2.77. The Morgan fingerprint density at radius 3 is 3.06 bits per heavy atom. The van der Waals surface area contributed by atoms with Crippen LogP contribution in [-0.2, 0) is 0 Å². The molecule has 0 radical (unpaired) electrons. The minimum atomic E-state index is 0.476. The lowest BCUT2D eigenvalue weighted by atomic mass is 10.2. The van der Waals surface area contributed by atoms with Gasteiger partial charge < -0.3 is 5.32 Å². The first-order valence-electron chi connectivity index (χ1n) is 5.48. The van der Waals surface area contributed by atoms with E-state index in [1.165, 1.54) is 19.3 Å². The van der Waals surface area contributed by atoms with Crippen molar-refractivity contribution in [1.29, 1.82) is 5.26 Å².